The molecule has 1 heterocycles. The van der Waals surface area contributed by atoms with E-state index in [1.807, 2.05) is 0 Å². The third-order valence-corrected chi connectivity index (χ3v) is 4.21. The van der Waals surface area contributed by atoms with E-state index in [1.54, 1.807) is 0 Å². The van der Waals surface area contributed by atoms with E-state index < -0.39 is 0 Å². The Morgan fingerprint density at radius 3 is 2.75 bits per heavy atom. The van der Waals surface area contributed by atoms with Crippen molar-refractivity contribution in [1.29, 1.82) is 0 Å². The molecule has 1 aliphatic heterocycles. The highest BCUT2D eigenvalue weighted by Gasteiger charge is 2.31. The minimum atomic E-state index is 0.0878. The fourth-order valence-corrected chi connectivity index (χ4v) is 3.16. The lowest BCUT2D eigenvalue weighted by Gasteiger charge is -2.40. The number of nitrogens with zero attached hydrogens (tertiary/aromatic N) is 1. The molecule has 3 nitrogen and oxygen atoms in total. The van der Waals surface area contributed by atoms with Gasteiger partial charge in [0.15, 0.2) is 0 Å². The number of fused-ring (bicyclic) bond motifs is 1. The molecule has 2 N–H and O–H groups in total. The summed E-state index contributed by atoms with van der Waals surface area (Å²) in [6.07, 6.45) is 0.0878. The quantitative estimate of drug-likeness (QED) is 0.931. The van der Waals surface area contributed by atoms with Gasteiger partial charge in [0.1, 0.15) is 0 Å². The van der Waals surface area contributed by atoms with E-state index in [2.05, 4.69) is 54.3 Å². The number of rotatable bonds is 3. The van der Waals surface area contributed by atoms with Gasteiger partial charge in [0.05, 0.1) is 18.8 Å². The van der Waals surface area contributed by atoms with Crippen LogP contribution in [0.15, 0.2) is 42.5 Å². The number of nitrogens with two attached hydrogens (primary N) is 1. The molecule has 2 atom stereocenters. The van der Waals surface area contributed by atoms with Gasteiger partial charge in [-0.1, -0.05) is 43.3 Å². The summed E-state index contributed by atoms with van der Waals surface area (Å²) in [5.74, 6) is 0. The molecule has 0 aliphatic carbocycles. The summed E-state index contributed by atoms with van der Waals surface area (Å²) in [6.45, 7) is 5.54. The number of hydrogen-bond donors (Lipinski definition) is 1. The first-order valence-electron chi connectivity index (χ1n) is 7.38. The Morgan fingerprint density at radius 1 is 1.20 bits per heavy atom. The summed E-state index contributed by atoms with van der Waals surface area (Å²) < 4.78 is 5.87. The molecule has 0 radical (unpaired) electrons. The van der Waals surface area contributed by atoms with Crippen LogP contribution in [0, 0.1) is 0 Å². The average Bonchev–Trinajstić information content (AvgIpc) is 2.53. The molecular formula is C17H22N2O. The predicted molar refractivity (Wildman–Crippen MR) is 82.7 cm³/mol. The zero-order valence-electron chi connectivity index (χ0n) is 12.0. The fraction of sp³-hybridized carbons (Fsp3) is 0.412. The van der Waals surface area contributed by atoms with E-state index in [4.69, 9.17) is 10.5 Å². The lowest BCUT2D eigenvalue weighted by molar-refractivity contribution is -0.0657. The highest BCUT2D eigenvalue weighted by Crippen LogP contribution is 2.30. The Morgan fingerprint density at radius 2 is 2.00 bits per heavy atom. The van der Waals surface area contributed by atoms with Gasteiger partial charge in [0, 0.05) is 13.1 Å². The fourth-order valence-electron chi connectivity index (χ4n) is 3.16. The van der Waals surface area contributed by atoms with Crippen molar-refractivity contribution in [3.8, 4) is 0 Å². The van der Waals surface area contributed by atoms with Gasteiger partial charge < -0.3 is 10.5 Å². The van der Waals surface area contributed by atoms with Crippen LogP contribution in [0.3, 0.4) is 0 Å². The minimum Gasteiger partial charge on any atom is -0.374 e. The van der Waals surface area contributed by atoms with Crippen LogP contribution in [0.1, 0.15) is 18.5 Å². The van der Waals surface area contributed by atoms with Gasteiger partial charge in [-0.3, -0.25) is 4.90 Å². The summed E-state index contributed by atoms with van der Waals surface area (Å²) in [5, 5.41) is 2.56. The van der Waals surface area contributed by atoms with Crippen LogP contribution in [0.25, 0.3) is 10.8 Å². The lowest BCUT2D eigenvalue weighted by atomic mass is 9.95. The predicted octanol–water partition coefficient (Wildman–Crippen LogP) is 2.56. The Balaban J connectivity index is 2.01. The first-order chi connectivity index (χ1) is 9.83. The molecule has 0 amide bonds. The van der Waals surface area contributed by atoms with E-state index >= 15 is 0 Å². The Hall–Kier alpha value is -1.42. The molecule has 2 aromatic rings. The Kier molecular flexibility index (Phi) is 4.01. The van der Waals surface area contributed by atoms with Crippen molar-refractivity contribution < 1.29 is 4.74 Å². The second kappa shape index (κ2) is 5.92. The van der Waals surface area contributed by atoms with Crippen molar-refractivity contribution in [1.82, 2.24) is 4.90 Å². The third kappa shape index (κ3) is 2.44. The molecule has 2 aromatic carbocycles. The van der Waals surface area contributed by atoms with Crippen molar-refractivity contribution in [3.63, 3.8) is 0 Å². The first-order valence-corrected chi connectivity index (χ1v) is 7.38. The molecule has 20 heavy (non-hydrogen) atoms. The zero-order valence-corrected chi connectivity index (χ0v) is 12.0. The molecule has 2 unspecified atom stereocenters. The first kappa shape index (κ1) is 13.6. The third-order valence-electron chi connectivity index (χ3n) is 4.21. The maximum Gasteiger partial charge on any atom is 0.0894 e. The standard InChI is InChI=1S/C17H22N2O/c1-2-19-9-10-20-16(12-18)17(19)15-8-7-13-5-3-4-6-14(13)11-15/h3-8,11,16-17H,2,9-10,12,18H2,1H3. The second-order valence-corrected chi connectivity index (χ2v) is 5.32. The highest BCUT2D eigenvalue weighted by molar-refractivity contribution is 5.83. The molecule has 3 heteroatoms. The highest BCUT2D eigenvalue weighted by atomic mass is 16.5. The van der Waals surface area contributed by atoms with Gasteiger partial charge >= 0.3 is 0 Å². The van der Waals surface area contributed by atoms with Crippen LogP contribution >= 0.6 is 0 Å². The lowest BCUT2D eigenvalue weighted by Crippen LogP contribution is -2.48. The molecule has 1 aliphatic rings. The number of ether oxygens (including phenoxy) is 1. The summed E-state index contributed by atoms with van der Waals surface area (Å²) >= 11 is 0. The molecule has 0 aromatic heterocycles. The minimum absolute atomic E-state index is 0.0878. The Bertz CT molecular complexity index is 572. The van der Waals surface area contributed by atoms with Crippen molar-refractivity contribution in [3.05, 3.63) is 48.0 Å². The van der Waals surface area contributed by atoms with Crippen LogP contribution in [0.5, 0.6) is 0 Å². The molecule has 0 bridgehead atoms. The molecule has 0 saturated carbocycles. The summed E-state index contributed by atoms with van der Waals surface area (Å²) in [4.78, 5) is 2.46. The number of benzene rings is 2. The van der Waals surface area contributed by atoms with Gasteiger partial charge in [-0.2, -0.15) is 0 Å². The molecule has 3 rings (SSSR count). The van der Waals surface area contributed by atoms with Gasteiger partial charge in [0.2, 0.25) is 0 Å². The molecule has 1 fully saturated rings. The van der Waals surface area contributed by atoms with Gasteiger partial charge in [0.25, 0.3) is 0 Å². The van der Waals surface area contributed by atoms with Crippen LogP contribution in [-0.2, 0) is 4.74 Å². The van der Waals surface area contributed by atoms with Crippen molar-refractivity contribution in [2.24, 2.45) is 5.73 Å². The second-order valence-electron chi connectivity index (χ2n) is 5.32. The summed E-state index contributed by atoms with van der Waals surface area (Å²) in [7, 11) is 0. The maximum atomic E-state index is 5.91. The number of hydrogen-bond acceptors (Lipinski definition) is 3. The smallest absolute Gasteiger partial charge is 0.0894 e. The van der Waals surface area contributed by atoms with Gasteiger partial charge in [-0.05, 0) is 28.9 Å². The zero-order chi connectivity index (χ0) is 13.9. The largest absolute Gasteiger partial charge is 0.374 e. The normalized spacial score (nSPS) is 24.1. The van der Waals surface area contributed by atoms with E-state index in [0.29, 0.717) is 6.54 Å². The molecule has 1 saturated heterocycles. The van der Waals surface area contributed by atoms with Gasteiger partial charge in [-0.25, -0.2) is 0 Å². The average molecular weight is 270 g/mol. The van der Waals surface area contributed by atoms with E-state index in [0.717, 1.165) is 19.7 Å². The van der Waals surface area contributed by atoms with E-state index in [-0.39, 0.29) is 12.1 Å². The van der Waals surface area contributed by atoms with Crippen LogP contribution in [0.4, 0.5) is 0 Å². The number of likely N-dealkylation sites (N-methyl/N-ethyl adjacent to an activating group) is 1. The SMILES string of the molecule is CCN1CCOC(CN)C1c1ccc2ccccc2c1. The summed E-state index contributed by atoms with van der Waals surface area (Å²) in [5.41, 5.74) is 7.22. The van der Waals surface area contributed by atoms with Crippen LogP contribution < -0.4 is 5.73 Å². The van der Waals surface area contributed by atoms with Crippen molar-refractivity contribution >= 4 is 10.8 Å². The monoisotopic (exact) mass is 270 g/mol. The van der Waals surface area contributed by atoms with Crippen molar-refractivity contribution in [2.75, 3.05) is 26.2 Å². The van der Waals surface area contributed by atoms with Crippen molar-refractivity contribution in [2.45, 2.75) is 19.1 Å². The van der Waals surface area contributed by atoms with Crippen LogP contribution in [0.2, 0.25) is 0 Å². The maximum absolute atomic E-state index is 5.91. The molecule has 106 valence electrons. The van der Waals surface area contributed by atoms with E-state index in [9.17, 15) is 0 Å². The topological polar surface area (TPSA) is 38.5 Å². The van der Waals surface area contributed by atoms with E-state index in [1.165, 1.54) is 16.3 Å². The molecule has 0 spiro atoms. The Labute approximate surface area is 120 Å². The number of morpholine rings is 1. The van der Waals surface area contributed by atoms with Crippen LogP contribution in [-0.4, -0.2) is 37.2 Å². The summed E-state index contributed by atoms with van der Waals surface area (Å²) in [6, 6.07) is 15.4. The van der Waals surface area contributed by atoms with Gasteiger partial charge in [-0.15, -0.1) is 0 Å². The molecular weight excluding hydrogens is 248 g/mol.